The van der Waals surface area contributed by atoms with Crippen LogP contribution in [0.1, 0.15) is 11.3 Å². The minimum absolute atomic E-state index is 0.769. The van der Waals surface area contributed by atoms with Gasteiger partial charge in [-0.3, -0.25) is 0 Å². The number of hydrogen-bond acceptors (Lipinski definition) is 2. The van der Waals surface area contributed by atoms with Crippen LogP contribution in [0.2, 0.25) is 0 Å². The van der Waals surface area contributed by atoms with Gasteiger partial charge < -0.3 is 5.32 Å². The van der Waals surface area contributed by atoms with Crippen LogP contribution < -0.4 is 5.32 Å². The molecular formula is C11H8N2S. The first-order valence-corrected chi connectivity index (χ1v) is 4.92. The fourth-order valence-corrected chi connectivity index (χ4v) is 2.00. The predicted molar refractivity (Wildman–Crippen MR) is 60.3 cm³/mol. The Morgan fingerprint density at radius 1 is 1.29 bits per heavy atom. The van der Waals surface area contributed by atoms with Gasteiger partial charge in [-0.2, -0.15) is 0 Å². The monoisotopic (exact) mass is 200 g/mol. The summed E-state index contributed by atoms with van der Waals surface area (Å²) < 4.78 is 0. The van der Waals surface area contributed by atoms with E-state index in [4.69, 9.17) is 12.2 Å². The van der Waals surface area contributed by atoms with E-state index < -0.39 is 0 Å². The van der Waals surface area contributed by atoms with Gasteiger partial charge in [0, 0.05) is 17.5 Å². The zero-order chi connectivity index (χ0) is 9.54. The van der Waals surface area contributed by atoms with Crippen molar-refractivity contribution >= 4 is 28.1 Å². The Kier molecular flexibility index (Phi) is 1.55. The number of para-hydroxylation sites is 1. The number of nitrogens with zero attached hydrogens (tertiary/aromatic N) is 1. The molecule has 0 fully saturated rings. The van der Waals surface area contributed by atoms with Gasteiger partial charge in [-0.15, -0.1) is 0 Å². The van der Waals surface area contributed by atoms with E-state index in [1.54, 1.807) is 0 Å². The fourth-order valence-electron chi connectivity index (χ4n) is 1.75. The van der Waals surface area contributed by atoms with Crippen molar-refractivity contribution in [2.24, 2.45) is 0 Å². The lowest BCUT2D eigenvalue weighted by Gasteiger charge is -2.00. The van der Waals surface area contributed by atoms with E-state index in [0.717, 1.165) is 22.7 Å². The average Bonchev–Trinajstić information content (AvgIpc) is 2.57. The van der Waals surface area contributed by atoms with Gasteiger partial charge in [-0.1, -0.05) is 30.4 Å². The van der Waals surface area contributed by atoms with E-state index in [-0.39, 0.29) is 0 Å². The zero-order valence-corrected chi connectivity index (χ0v) is 8.27. The summed E-state index contributed by atoms with van der Waals surface area (Å²) in [5.41, 5.74) is 3.16. The van der Waals surface area contributed by atoms with Crippen molar-refractivity contribution in [3.05, 3.63) is 41.6 Å². The molecule has 0 amide bonds. The molecule has 0 bridgehead atoms. The maximum absolute atomic E-state index is 5.16. The molecule has 0 aliphatic carbocycles. The number of aromatic nitrogens is 1. The van der Waals surface area contributed by atoms with Gasteiger partial charge in [0.1, 0.15) is 10.7 Å². The molecule has 0 spiro atoms. The maximum atomic E-state index is 5.16. The molecule has 2 nitrogen and oxygen atoms in total. The Morgan fingerprint density at radius 2 is 2.14 bits per heavy atom. The largest absolute Gasteiger partial charge is 0.370 e. The summed E-state index contributed by atoms with van der Waals surface area (Å²) in [6, 6.07) is 10.3. The topological polar surface area (TPSA) is 24.9 Å². The minimum atomic E-state index is 0.769. The highest BCUT2D eigenvalue weighted by Gasteiger charge is 2.17. The third-order valence-electron chi connectivity index (χ3n) is 2.46. The van der Waals surface area contributed by atoms with Crippen molar-refractivity contribution in [3.8, 4) is 0 Å². The normalized spacial score (nSPS) is 14.1. The molecule has 0 saturated heterocycles. The molecule has 0 atom stereocenters. The van der Waals surface area contributed by atoms with E-state index in [2.05, 4.69) is 22.4 Å². The van der Waals surface area contributed by atoms with Crippen LogP contribution in [0, 0.1) is 0 Å². The summed E-state index contributed by atoms with van der Waals surface area (Å²) in [5, 5.41) is 4.31. The molecule has 2 heterocycles. The Balaban J connectivity index is 2.38. The first kappa shape index (κ1) is 7.88. The van der Waals surface area contributed by atoms with E-state index in [1.807, 2.05) is 18.2 Å². The maximum Gasteiger partial charge on any atom is 0.125 e. The number of nitrogens with one attached hydrogen (secondary N) is 1. The standard InChI is InChI=1S/C11H8N2S/c14-11-10-8(6-12-11)5-7-3-1-2-4-9(7)13-10/h1-5H,6H2,(H,12,14). The Morgan fingerprint density at radius 3 is 3.07 bits per heavy atom. The molecule has 1 aromatic heterocycles. The molecule has 3 heteroatoms. The summed E-state index contributed by atoms with van der Waals surface area (Å²) >= 11 is 5.16. The Hall–Kier alpha value is -1.48. The van der Waals surface area contributed by atoms with E-state index in [1.165, 1.54) is 10.9 Å². The first-order valence-electron chi connectivity index (χ1n) is 4.51. The smallest absolute Gasteiger partial charge is 0.125 e. The van der Waals surface area contributed by atoms with E-state index >= 15 is 0 Å². The molecule has 1 aliphatic rings. The molecule has 14 heavy (non-hydrogen) atoms. The van der Waals surface area contributed by atoms with Gasteiger partial charge >= 0.3 is 0 Å². The fraction of sp³-hybridized carbons (Fsp3) is 0.0909. The van der Waals surface area contributed by atoms with Gasteiger partial charge in [0.15, 0.2) is 0 Å². The average molecular weight is 200 g/mol. The van der Waals surface area contributed by atoms with Crippen LogP contribution >= 0.6 is 12.2 Å². The van der Waals surface area contributed by atoms with Gasteiger partial charge in [-0.05, 0) is 12.1 Å². The number of fused-ring (bicyclic) bond motifs is 2. The summed E-state index contributed by atoms with van der Waals surface area (Å²) in [6.07, 6.45) is 0. The second-order valence-corrected chi connectivity index (χ2v) is 3.78. The molecule has 3 rings (SSSR count). The van der Waals surface area contributed by atoms with E-state index in [9.17, 15) is 0 Å². The zero-order valence-electron chi connectivity index (χ0n) is 7.45. The van der Waals surface area contributed by atoms with Crippen molar-refractivity contribution in [2.45, 2.75) is 6.54 Å². The van der Waals surface area contributed by atoms with Crippen LogP contribution in [0.4, 0.5) is 0 Å². The van der Waals surface area contributed by atoms with Crippen molar-refractivity contribution in [1.82, 2.24) is 10.3 Å². The second kappa shape index (κ2) is 2.75. The molecule has 0 saturated carbocycles. The van der Waals surface area contributed by atoms with E-state index in [0.29, 0.717) is 0 Å². The van der Waals surface area contributed by atoms with Crippen molar-refractivity contribution in [3.63, 3.8) is 0 Å². The Labute approximate surface area is 87.0 Å². The SMILES string of the molecule is S=C1NCc2cc3ccccc3nc21. The third-order valence-corrected chi connectivity index (χ3v) is 2.80. The van der Waals surface area contributed by atoms with Crippen molar-refractivity contribution < 1.29 is 0 Å². The molecule has 0 radical (unpaired) electrons. The summed E-state index contributed by atoms with van der Waals surface area (Å²) in [4.78, 5) is 5.30. The number of thiocarbonyl (C=S) groups is 1. The molecule has 0 unspecified atom stereocenters. The van der Waals surface area contributed by atoms with Crippen LogP contribution in [-0.2, 0) is 6.54 Å². The second-order valence-electron chi connectivity index (χ2n) is 3.37. The molecule has 1 aliphatic heterocycles. The number of rotatable bonds is 0. The highest BCUT2D eigenvalue weighted by atomic mass is 32.1. The summed E-state index contributed by atoms with van der Waals surface area (Å²) in [6.45, 7) is 0.812. The lowest BCUT2D eigenvalue weighted by molar-refractivity contribution is 0.974. The highest BCUT2D eigenvalue weighted by molar-refractivity contribution is 7.80. The van der Waals surface area contributed by atoms with Crippen LogP contribution in [-0.4, -0.2) is 9.97 Å². The van der Waals surface area contributed by atoms with Gasteiger partial charge in [0.2, 0.25) is 0 Å². The van der Waals surface area contributed by atoms with Gasteiger partial charge in [0.25, 0.3) is 0 Å². The summed E-state index contributed by atoms with van der Waals surface area (Å²) in [5.74, 6) is 0. The molecule has 68 valence electrons. The minimum Gasteiger partial charge on any atom is -0.370 e. The lowest BCUT2D eigenvalue weighted by atomic mass is 10.1. The van der Waals surface area contributed by atoms with Crippen LogP contribution in [0.5, 0.6) is 0 Å². The number of hydrogen-bond donors (Lipinski definition) is 1. The third kappa shape index (κ3) is 1.02. The predicted octanol–water partition coefficient (Wildman–Crippen LogP) is 2.01. The number of pyridine rings is 1. The van der Waals surface area contributed by atoms with Gasteiger partial charge in [0.05, 0.1) is 5.52 Å². The van der Waals surface area contributed by atoms with Crippen molar-refractivity contribution in [1.29, 1.82) is 0 Å². The summed E-state index contributed by atoms with van der Waals surface area (Å²) in [7, 11) is 0. The van der Waals surface area contributed by atoms with Crippen LogP contribution in [0.15, 0.2) is 30.3 Å². The van der Waals surface area contributed by atoms with Crippen molar-refractivity contribution in [2.75, 3.05) is 0 Å². The quantitative estimate of drug-likeness (QED) is 0.658. The molecule has 1 N–H and O–H groups in total. The first-order chi connectivity index (χ1) is 6.84. The molecule has 2 aromatic rings. The van der Waals surface area contributed by atoms with Gasteiger partial charge in [-0.25, -0.2) is 4.98 Å². The van der Waals surface area contributed by atoms with Crippen LogP contribution in [0.3, 0.4) is 0 Å². The lowest BCUT2D eigenvalue weighted by Crippen LogP contribution is -2.11. The molecule has 1 aromatic carbocycles. The molecular weight excluding hydrogens is 192 g/mol. The van der Waals surface area contributed by atoms with Crippen LogP contribution in [0.25, 0.3) is 10.9 Å². The number of benzene rings is 1. The Bertz CT molecular complexity index is 534. The highest BCUT2D eigenvalue weighted by Crippen LogP contribution is 2.20.